The van der Waals surface area contributed by atoms with E-state index in [0.717, 1.165) is 27.9 Å². The van der Waals surface area contributed by atoms with Crippen LogP contribution >= 0.6 is 11.6 Å². The van der Waals surface area contributed by atoms with Crippen LogP contribution in [0.3, 0.4) is 0 Å². The van der Waals surface area contributed by atoms with Crippen molar-refractivity contribution in [2.75, 3.05) is 18.4 Å². The summed E-state index contributed by atoms with van der Waals surface area (Å²) in [6.07, 6.45) is 1.30. The predicted octanol–water partition coefficient (Wildman–Crippen LogP) is 4.61. The average Bonchev–Trinajstić information content (AvgIpc) is 2.66. The molecule has 0 spiro atoms. The third-order valence-electron chi connectivity index (χ3n) is 5.46. The Kier molecular flexibility index (Phi) is 6.36. The highest BCUT2D eigenvalue weighted by molar-refractivity contribution is 7.89. The van der Waals surface area contributed by atoms with Crippen LogP contribution in [0.4, 0.5) is 5.69 Å². The Labute approximate surface area is 178 Å². The van der Waals surface area contributed by atoms with E-state index in [1.54, 1.807) is 12.1 Å². The summed E-state index contributed by atoms with van der Waals surface area (Å²) >= 11 is 6.12. The lowest BCUT2D eigenvalue weighted by Gasteiger charge is -2.31. The van der Waals surface area contributed by atoms with Gasteiger partial charge in [-0.3, -0.25) is 4.79 Å². The first kappa shape index (κ1) is 21.8. The van der Waals surface area contributed by atoms with Crippen molar-refractivity contribution >= 4 is 33.2 Å². The highest BCUT2D eigenvalue weighted by Crippen LogP contribution is 2.28. The van der Waals surface area contributed by atoms with E-state index >= 15 is 0 Å². The molecule has 1 heterocycles. The largest absolute Gasteiger partial charge is 0.325 e. The fraction of sp³-hybridized carbons (Fsp3) is 0.409. The summed E-state index contributed by atoms with van der Waals surface area (Å²) in [7, 11) is -3.69. The van der Waals surface area contributed by atoms with Gasteiger partial charge >= 0.3 is 0 Å². The lowest BCUT2D eigenvalue weighted by molar-refractivity contribution is -0.120. The van der Waals surface area contributed by atoms with Crippen molar-refractivity contribution < 1.29 is 13.2 Å². The zero-order chi connectivity index (χ0) is 21.3. The maximum Gasteiger partial charge on any atom is 0.243 e. The second-order valence-corrected chi connectivity index (χ2v) is 10.2. The first-order chi connectivity index (χ1) is 13.6. The second-order valence-electron chi connectivity index (χ2n) is 7.88. The number of sulfonamides is 1. The Morgan fingerprint density at radius 1 is 1.07 bits per heavy atom. The van der Waals surface area contributed by atoms with Crippen LogP contribution in [0.25, 0.3) is 0 Å². The van der Waals surface area contributed by atoms with Gasteiger partial charge in [-0.2, -0.15) is 4.31 Å². The summed E-state index contributed by atoms with van der Waals surface area (Å²) in [5.74, 6) is -0.526. The molecule has 5 nitrogen and oxygen atoms in total. The van der Waals surface area contributed by atoms with E-state index in [4.69, 9.17) is 11.6 Å². The number of piperidine rings is 1. The molecule has 0 aliphatic carbocycles. The van der Waals surface area contributed by atoms with E-state index in [2.05, 4.69) is 5.32 Å². The minimum absolute atomic E-state index is 0.137. The zero-order valence-electron chi connectivity index (χ0n) is 17.3. The van der Waals surface area contributed by atoms with Gasteiger partial charge in [-0.1, -0.05) is 35.4 Å². The number of hydrogen-bond donors (Lipinski definition) is 1. The van der Waals surface area contributed by atoms with Crippen LogP contribution in [0.15, 0.2) is 35.2 Å². The summed E-state index contributed by atoms with van der Waals surface area (Å²) in [5.41, 5.74) is 4.79. The lowest BCUT2D eigenvalue weighted by atomic mass is 9.98. The molecule has 2 aromatic rings. The fourth-order valence-electron chi connectivity index (χ4n) is 3.86. The Bertz CT molecular complexity index is 1030. The van der Waals surface area contributed by atoms with Gasteiger partial charge in [-0.25, -0.2) is 8.42 Å². The molecule has 0 radical (unpaired) electrons. The number of nitrogens with one attached hydrogen (secondary N) is 1. The summed E-state index contributed by atoms with van der Waals surface area (Å²) in [4.78, 5) is 13.1. The molecule has 1 aliphatic heterocycles. The van der Waals surface area contributed by atoms with E-state index in [1.807, 2.05) is 39.8 Å². The number of carbonyl (C=O) groups excluding carboxylic acids is 1. The Morgan fingerprint density at radius 3 is 2.34 bits per heavy atom. The number of anilines is 1. The average molecular weight is 435 g/mol. The molecule has 0 saturated carbocycles. The molecular weight excluding hydrogens is 408 g/mol. The summed E-state index contributed by atoms with van der Waals surface area (Å²) in [5, 5.41) is 3.44. The number of halogens is 1. The molecule has 156 valence electrons. The standard InChI is InChI=1S/C22H27ClN2O3S/c1-14-10-16(3)21(17(4)11-14)24-22(26)18-6-5-9-25(13-18)29(27,28)19-8-7-15(2)20(23)12-19/h7-8,10-12,18H,5-6,9,13H2,1-4H3,(H,24,26)/t18-/m1/s1. The quantitative estimate of drug-likeness (QED) is 0.763. The van der Waals surface area contributed by atoms with Crippen molar-refractivity contribution in [3.8, 4) is 0 Å². The van der Waals surface area contributed by atoms with Crippen molar-refractivity contribution in [2.45, 2.75) is 45.4 Å². The number of carbonyl (C=O) groups is 1. The monoisotopic (exact) mass is 434 g/mol. The molecule has 1 aliphatic rings. The van der Waals surface area contributed by atoms with Crippen LogP contribution in [0, 0.1) is 33.6 Å². The van der Waals surface area contributed by atoms with Crippen molar-refractivity contribution in [1.82, 2.24) is 4.31 Å². The van der Waals surface area contributed by atoms with Crippen molar-refractivity contribution in [1.29, 1.82) is 0 Å². The van der Waals surface area contributed by atoms with Gasteiger partial charge in [0.2, 0.25) is 15.9 Å². The van der Waals surface area contributed by atoms with Crippen molar-refractivity contribution in [2.24, 2.45) is 5.92 Å². The molecular formula is C22H27ClN2O3S. The Balaban J connectivity index is 1.78. The summed E-state index contributed by atoms with van der Waals surface area (Å²) in [6, 6.07) is 8.81. The predicted molar refractivity (Wildman–Crippen MR) is 117 cm³/mol. The number of benzene rings is 2. The Hall–Kier alpha value is -1.89. The van der Waals surface area contributed by atoms with E-state index in [0.29, 0.717) is 24.4 Å². The molecule has 1 atom stereocenters. The summed E-state index contributed by atoms with van der Waals surface area (Å²) in [6.45, 7) is 8.36. The van der Waals surface area contributed by atoms with Gasteiger partial charge in [0, 0.05) is 23.8 Å². The molecule has 1 saturated heterocycles. The highest BCUT2D eigenvalue weighted by atomic mass is 35.5. The zero-order valence-corrected chi connectivity index (χ0v) is 18.8. The van der Waals surface area contributed by atoms with Gasteiger partial charge in [-0.05, 0) is 69.4 Å². The molecule has 1 amide bonds. The number of amides is 1. The van der Waals surface area contributed by atoms with Crippen LogP contribution in [-0.4, -0.2) is 31.7 Å². The molecule has 0 bridgehead atoms. The number of aryl methyl sites for hydroxylation is 4. The minimum atomic E-state index is -3.69. The fourth-order valence-corrected chi connectivity index (χ4v) is 5.66. The first-order valence-electron chi connectivity index (χ1n) is 9.74. The van der Waals surface area contributed by atoms with Crippen LogP contribution in [0.5, 0.6) is 0 Å². The van der Waals surface area contributed by atoms with Crippen molar-refractivity contribution in [3.05, 3.63) is 57.6 Å². The van der Waals surface area contributed by atoms with Gasteiger partial charge in [0.15, 0.2) is 0 Å². The maximum atomic E-state index is 13.1. The molecule has 1 N–H and O–H groups in total. The maximum absolute atomic E-state index is 13.1. The van der Waals surface area contributed by atoms with Crippen LogP contribution in [-0.2, 0) is 14.8 Å². The molecule has 3 rings (SSSR count). The lowest BCUT2D eigenvalue weighted by Crippen LogP contribution is -2.43. The van der Waals surface area contributed by atoms with E-state index in [9.17, 15) is 13.2 Å². The van der Waals surface area contributed by atoms with Gasteiger partial charge in [0.25, 0.3) is 0 Å². The van der Waals surface area contributed by atoms with Crippen LogP contribution in [0.1, 0.15) is 35.1 Å². The Morgan fingerprint density at radius 2 is 1.72 bits per heavy atom. The second kappa shape index (κ2) is 8.46. The molecule has 7 heteroatoms. The van der Waals surface area contributed by atoms with E-state index < -0.39 is 10.0 Å². The van der Waals surface area contributed by atoms with Gasteiger partial charge in [0.05, 0.1) is 10.8 Å². The smallest absolute Gasteiger partial charge is 0.243 e. The molecule has 2 aromatic carbocycles. The van der Waals surface area contributed by atoms with Crippen LogP contribution < -0.4 is 5.32 Å². The first-order valence-corrected chi connectivity index (χ1v) is 11.6. The van der Waals surface area contributed by atoms with Crippen molar-refractivity contribution in [3.63, 3.8) is 0 Å². The molecule has 0 aromatic heterocycles. The normalized spacial score (nSPS) is 17.9. The number of rotatable bonds is 4. The van der Waals surface area contributed by atoms with E-state index in [1.165, 1.54) is 10.4 Å². The minimum Gasteiger partial charge on any atom is -0.325 e. The molecule has 1 fully saturated rings. The third kappa shape index (κ3) is 4.65. The van der Waals surface area contributed by atoms with E-state index in [-0.39, 0.29) is 23.3 Å². The SMILES string of the molecule is Cc1cc(C)c(NC(=O)[C@@H]2CCCN(S(=O)(=O)c3ccc(C)c(Cl)c3)C2)c(C)c1. The van der Waals surface area contributed by atoms with Gasteiger partial charge < -0.3 is 5.32 Å². The number of hydrogen-bond acceptors (Lipinski definition) is 3. The van der Waals surface area contributed by atoms with Gasteiger partial charge in [0.1, 0.15) is 0 Å². The van der Waals surface area contributed by atoms with Gasteiger partial charge in [-0.15, -0.1) is 0 Å². The summed E-state index contributed by atoms with van der Waals surface area (Å²) < 4.78 is 27.5. The highest BCUT2D eigenvalue weighted by Gasteiger charge is 2.33. The molecule has 29 heavy (non-hydrogen) atoms. The molecule has 0 unspecified atom stereocenters. The van der Waals surface area contributed by atoms with Crippen LogP contribution in [0.2, 0.25) is 5.02 Å². The topological polar surface area (TPSA) is 66.5 Å². The number of nitrogens with zero attached hydrogens (tertiary/aromatic N) is 1. The third-order valence-corrected chi connectivity index (χ3v) is 7.73.